The quantitative estimate of drug-likeness (QED) is 0.300. The number of rotatable bonds is 6. The molecule has 9 heteroatoms. The van der Waals surface area contributed by atoms with Gasteiger partial charge in [-0.25, -0.2) is 0 Å². The first-order chi connectivity index (χ1) is 19.0. The minimum absolute atomic E-state index is 0.0400. The van der Waals surface area contributed by atoms with E-state index < -0.39 is 0 Å². The Bertz CT molecular complexity index is 1450. The van der Waals surface area contributed by atoms with Gasteiger partial charge in [0.15, 0.2) is 0 Å². The molecule has 2 N–H and O–H groups in total. The molecule has 3 aromatic rings. The van der Waals surface area contributed by atoms with Crippen LogP contribution in [0.25, 0.3) is 10.8 Å². The summed E-state index contributed by atoms with van der Waals surface area (Å²) in [7, 11) is 3.28. The van der Waals surface area contributed by atoms with Gasteiger partial charge in [0.1, 0.15) is 5.82 Å². The first-order valence-electron chi connectivity index (χ1n) is 13.3. The van der Waals surface area contributed by atoms with Crippen molar-refractivity contribution in [3.05, 3.63) is 77.1 Å². The van der Waals surface area contributed by atoms with Crippen LogP contribution in [0.5, 0.6) is 6.01 Å². The standard InChI is InChI=1S/C30H35N7O2/c1-21-6-4-7-23-8-5-9-26(28(21)23)37-13-12-24-25(20-37)33-30(39-3)34-29(24)36-16-14-35(15-17-36)27(38)11-10-22(18-31)19-32-2/h4-11,18-19H,12-17,20,31H2,1-3H3/b11-10+,22-18?,32-19?. The van der Waals surface area contributed by atoms with Gasteiger partial charge in [-0.3, -0.25) is 9.79 Å². The number of allylic oxidation sites excluding steroid dienone is 2. The number of aliphatic imine (C=N–C) groups is 1. The molecular weight excluding hydrogens is 490 g/mol. The van der Waals surface area contributed by atoms with Crippen molar-refractivity contribution in [3.8, 4) is 6.01 Å². The predicted molar refractivity (Wildman–Crippen MR) is 157 cm³/mol. The SMILES string of the molecule is CN=CC(=CN)/C=C/C(=O)N1CCN(c2nc(OC)nc3c2CCN(c2cccc4cccc(C)c24)C3)CC1. The molecule has 1 fully saturated rings. The second kappa shape index (κ2) is 11.6. The van der Waals surface area contributed by atoms with E-state index in [-0.39, 0.29) is 5.91 Å². The number of hydrogen-bond donors (Lipinski definition) is 1. The van der Waals surface area contributed by atoms with Crippen LogP contribution in [-0.4, -0.2) is 73.9 Å². The van der Waals surface area contributed by atoms with Gasteiger partial charge in [0, 0.05) is 80.5 Å². The highest BCUT2D eigenvalue weighted by Gasteiger charge is 2.29. The molecule has 0 spiro atoms. The fourth-order valence-corrected chi connectivity index (χ4v) is 5.42. The third-order valence-electron chi connectivity index (χ3n) is 7.42. The maximum atomic E-state index is 12.7. The van der Waals surface area contributed by atoms with Crippen LogP contribution in [0.2, 0.25) is 0 Å². The number of hydrogen-bond acceptors (Lipinski definition) is 8. The van der Waals surface area contributed by atoms with Gasteiger partial charge < -0.3 is 25.2 Å². The van der Waals surface area contributed by atoms with E-state index in [1.165, 1.54) is 33.8 Å². The van der Waals surface area contributed by atoms with Gasteiger partial charge in [0.05, 0.1) is 19.3 Å². The number of anilines is 2. The van der Waals surface area contributed by atoms with Crippen molar-refractivity contribution < 1.29 is 9.53 Å². The van der Waals surface area contributed by atoms with Crippen molar-refractivity contribution >= 4 is 34.4 Å². The molecule has 0 radical (unpaired) electrons. The average molecular weight is 526 g/mol. The number of methoxy groups -OCH3 is 1. The number of nitrogens with two attached hydrogens (primary N) is 1. The third-order valence-corrected chi connectivity index (χ3v) is 7.42. The van der Waals surface area contributed by atoms with Gasteiger partial charge in [-0.2, -0.15) is 9.97 Å². The molecule has 5 rings (SSSR count). The largest absolute Gasteiger partial charge is 0.467 e. The number of aryl methyl sites for hydroxylation is 1. The molecule has 1 amide bonds. The molecule has 0 aliphatic carbocycles. The van der Waals surface area contributed by atoms with E-state index >= 15 is 0 Å². The van der Waals surface area contributed by atoms with E-state index in [0.29, 0.717) is 44.3 Å². The average Bonchev–Trinajstić information content (AvgIpc) is 2.98. The number of carbonyl (C=O) groups is 1. The highest BCUT2D eigenvalue weighted by Crippen LogP contribution is 2.35. The Hall–Kier alpha value is -4.40. The minimum Gasteiger partial charge on any atom is -0.467 e. The molecule has 0 atom stereocenters. The van der Waals surface area contributed by atoms with Gasteiger partial charge in [-0.1, -0.05) is 30.3 Å². The molecule has 1 saturated heterocycles. The molecule has 2 aliphatic rings. The highest BCUT2D eigenvalue weighted by molar-refractivity contribution is 5.97. The second-order valence-electron chi connectivity index (χ2n) is 9.78. The Labute approximate surface area is 229 Å². The summed E-state index contributed by atoms with van der Waals surface area (Å²) in [6.45, 7) is 6.33. The predicted octanol–water partition coefficient (Wildman–Crippen LogP) is 3.26. The van der Waals surface area contributed by atoms with Crippen LogP contribution >= 0.6 is 0 Å². The second-order valence-corrected chi connectivity index (χ2v) is 9.78. The lowest BCUT2D eigenvalue weighted by molar-refractivity contribution is -0.126. The number of piperazine rings is 1. The number of nitrogens with zero attached hydrogens (tertiary/aromatic N) is 6. The van der Waals surface area contributed by atoms with Crippen molar-refractivity contribution in [2.75, 3.05) is 56.7 Å². The topological polar surface area (TPSA) is 100 Å². The number of carbonyl (C=O) groups excluding carboxylic acids is 1. The zero-order valence-corrected chi connectivity index (χ0v) is 22.8. The first-order valence-corrected chi connectivity index (χ1v) is 13.3. The zero-order chi connectivity index (χ0) is 27.4. The number of benzene rings is 2. The molecule has 0 bridgehead atoms. The summed E-state index contributed by atoms with van der Waals surface area (Å²) in [5, 5.41) is 2.53. The monoisotopic (exact) mass is 525 g/mol. The van der Waals surface area contributed by atoms with Crippen molar-refractivity contribution in [1.82, 2.24) is 14.9 Å². The van der Waals surface area contributed by atoms with Gasteiger partial charge >= 0.3 is 6.01 Å². The van der Waals surface area contributed by atoms with Gasteiger partial charge in [0.2, 0.25) is 5.91 Å². The van der Waals surface area contributed by atoms with E-state index in [9.17, 15) is 4.79 Å². The maximum absolute atomic E-state index is 12.7. The van der Waals surface area contributed by atoms with Gasteiger partial charge in [0.25, 0.3) is 0 Å². The molecule has 2 aromatic carbocycles. The normalized spacial score (nSPS) is 16.4. The number of fused-ring (bicyclic) bond motifs is 2. The Morgan fingerprint density at radius 2 is 1.79 bits per heavy atom. The van der Waals surface area contributed by atoms with Crippen LogP contribution in [0.15, 0.2) is 65.3 Å². The fraction of sp³-hybridized carbons (Fsp3) is 0.333. The fourth-order valence-electron chi connectivity index (χ4n) is 5.42. The van der Waals surface area contributed by atoms with Crippen LogP contribution in [0.4, 0.5) is 11.5 Å². The molecule has 1 aromatic heterocycles. The molecular formula is C30H35N7O2. The summed E-state index contributed by atoms with van der Waals surface area (Å²) in [4.78, 5) is 32.7. The van der Waals surface area contributed by atoms with Gasteiger partial charge in [-0.15, -0.1) is 0 Å². The molecule has 2 aliphatic heterocycles. The van der Waals surface area contributed by atoms with E-state index in [0.717, 1.165) is 24.5 Å². The van der Waals surface area contributed by atoms with E-state index in [1.807, 2.05) is 4.90 Å². The Kier molecular flexibility index (Phi) is 7.76. The van der Waals surface area contributed by atoms with Gasteiger partial charge in [-0.05, 0) is 36.4 Å². The summed E-state index contributed by atoms with van der Waals surface area (Å²) < 4.78 is 5.52. The minimum atomic E-state index is -0.0400. The van der Waals surface area contributed by atoms with Crippen LogP contribution in [-0.2, 0) is 17.8 Å². The number of aromatic nitrogens is 2. The summed E-state index contributed by atoms with van der Waals surface area (Å²) in [5.41, 5.74) is 10.9. The van der Waals surface area contributed by atoms with Crippen molar-refractivity contribution in [2.24, 2.45) is 10.7 Å². The van der Waals surface area contributed by atoms with Crippen LogP contribution < -0.4 is 20.3 Å². The molecule has 3 heterocycles. The van der Waals surface area contributed by atoms with Crippen molar-refractivity contribution in [3.63, 3.8) is 0 Å². The zero-order valence-electron chi connectivity index (χ0n) is 22.8. The van der Waals surface area contributed by atoms with Crippen molar-refractivity contribution in [1.29, 1.82) is 0 Å². The first kappa shape index (κ1) is 26.2. The summed E-state index contributed by atoms with van der Waals surface area (Å²) in [6.07, 6.45) is 7.14. The van der Waals surface area contributed by atoms with E-state index in [1.54, 1.807) is 32.5 Å². The Morgan fingerprint density at radius 1 is 1.03 bits per heavy atom. The summed E-state index contributed by atoms with van der Waals surface area (Å²) >= 11 is 0. The Morgan fingerprint density at radius 3 is 2.51 bits per heavy atom. The van der Waals surface area contributed by atoms with Crippen LogP contribution in [0, 0.1) is 6.92 Å². The van der Waals surface area contributed by atoms with Crippen LogP contribution in [0.1, 0.15) is 16.8 Å². The Balaban J connectivity index is 1.35. The van der Waals surface area contributed by atoms with E-state index in [4.69, 9.17) is 20.4 Å². The smallest absolute Gasteiger partial charge is 0.318 e. The molecule has 9 nitrogen and oxygen atoms in total. The highest BCUT2D eigenvalue weighted by atomic mass is 16.5. The summed E-state index contributed by atoms with van der Waals surface area (Å²) in [6, 6.07) is 13.3. The molecule has 39 heavy (non-hydrogen) atoms. The van der Waals surface area contributed by atoms with E-state index in [2.05, 4.69) is 58.1 Å². The molecule has 202 valence electrons. The summed E-state index contributed by atoms with van der Waals surface area (Å²) in [5.74, 6) is 0.877. The lowest BCUT2D eigenvalue weighted by Crippen LogP contribution is -2.49. The number of amides is 1. The third kappa shape index (κ3) is 5.43. The number of ether oxygens (including phenoxy) is 1. The van der Waals surface area contributed by atoms with Crippen molar-refractivity contribution in [2.45, 2.75) is 19.9 Å². The molecule has 0 unspecified atom stereocenters. The maximum Gasteiger partial charge on any atom is 0.318 e. The lowest BCUT2D eigenvalue weighted by Gasteiger charge is -2.38. The van der Waals surface area contributed by atoms with Crippen LogP contribution in [0.3, 0.4) is 0 Å². The molecule has 0 saturated carbocycles. The lowest BCUT2D eigenvalue weighted by atomic mass is 9.99.